The van der Waals surface area contributed by atoms with Gasteiger partial charge in [-0.15, -0.1) is 0 Å². The molecular formula is C17H16N2O3S. The van der Waals surface area contributed by atoms with Crippen LogP contribution in [0.1, 0.15) is 23.5 Å². The van der Waals surface area contributed by atoms with Gasteiger partial charge in [-0.05, 0) is 42.2 Å². The molecule has 6 heteroatoms. The molecule has 0 aromatic heterocycles. The lowest BCUT2D eigenvalue weighted by molar-refractivity contribution is 0.592. The highest BCUT2D eigenvalue weighted by Gasteiger charge is 2.41. The summed E-state index contributed by atoms with van der Waals surface area (Å²) < 4.78 is 27.1. The summed E-state index contributed by atoms with van der Waals surface area (Å²) in [5, 5.41) is 3.09. The molecule has 2 aliphatic rings. The average molecular weight is 328 g/mol. The molecular weight excluding hydrogens is 312 g/mol. The van der Waals surface area contributed by atoms with Gasteiger partial charge < -0.3 is 0 Å². The molecule has 5 nitrogen and oxygen atoms in total. The topological polar surface area (TPSA) is 66.8 Å². The summed E-state index contributed by atoms with van der Waals surface area (Å²) in [4.78, 5) is 10.9. The maximum absolute atomic E-state index is 12.8. The molecule has 2 unspecified atom stereocenters. The number of rotatable bonds is 4. The number of nitrogens with zero attached hydrogens (tertiary/aromatic N) is 2. The highest BCUT2D eigenvalue weighted by molar-refractivity contribution is 7.92. The Morgan fingerprint density at radius 3 is 2.57 bits per heavy atom. The van der Waals surface area contributed by atoms with E-state index in [1.165, 1.54) is 4.31 Å². The molecule has 4 rings (SSSR count). The van der Waals surface area contributed by atoms with Crippen molar-refractivity contribution in [2.24, 2.45) is 5.18 Å². The fourth-order valence-electron chi connectivity index (χ4n) is 3.25. The third-order valence-corrected chi connectivity index (χ3v) is 6.44. The van der Waals surface area contributed by atoms with Gasteiger partial charge in [0.15, 0.2) is 0 Å². The number of benzene rings is 2. The monoisotopic (exact) mass is 328 g/mol. The maximum atomic E-state index is 12.8. The van der Waals surface area contributed by atoms with Crippen LogP contribution >= 0.6 is 0 Å². The number of hydrogen-bond acceptors (Lipinski definition) is 4. The molecule has 0 saturated heterocycles. The second-order valence-corrected chi connectivity index (χ2v) is 7.91. The molecule has 1 heterocycles. The summed E-state index contributed by atoms with van der Waals surface area (Å²) in [6, 6.07) is 14.2. The van der Waals surface area contributed by atoms with E-state index < -0.39 is 10.0 Å². The van der Waals surface area contributed by atoms with Crippen LogP contribution in [0.3, 0.4) is 0 Å². The van der Waals surface area contributed by atoms with E-state index in [4.69, 9.17) is 0 Å². The lowest BCUT2D eigenvalue weighted by Gasteiger charge is -2.19. The third kappa shape index (κ3) is 2.34. The van der Waals surface area contributed by atoms with Gasteiger partial charge in [0.25, 0.3) is 10.0 Å². The van der Waals surface area contributed by atoms with E-state index in [1.807, 2.05) is 18.2 Å². The Kier molecular flexibility index (Phi) is 3.23. The first-order chi connectivity index (χ1) is 11.1. The van der Waals surface area contributed by atoms with Gasteiger partial charge in [-0.3, -0.25) is 4.31 Å². The second kappa shape index (κ2) is 5.16. The zero-order valence-corrected chi connectivity index (χ0v) is 13.2. The number of nitroso groups, excluding NO2 is 1. The van der Waals surface area contributed by atoms with Gasteiger partial charge in [-0.25, -0.2) is 8.42 Å². The first-order valence-electron chi connectivity index (χ1n) is 7.64. The first-order valence-corrected chi connectivity index (χ1v) is 9.08. The van der Waals surface area contributed by atoms with Crippen molar-refractivity contribution in [2.45, 2.75) is 29.7 Å². The summed E-state index contributed by atoms with van der Waals surface area (Å²) in [7, 11) is -3.52. The van der Waals surface area contributed by atoms with Crippen LogP contribution in [0, 0.1) is 4.91 Å². The number of anilines is 1. The smallest absolute Gasteiger partial charge is 0.264 e. The largest absolute Gasteiger partial charge is 0.266 e. The standard InChI is InChI=1S/C17H16N2O3S/c20-18-16-11-15(16)12-6-7-17-13(10-12)8-9-19(17)23(21,22)14-4-2-1-3-5-14/h1-7,10,15-16H,8-9,11H2. The predicted octanol–water partition coefficient (Wildman–Crippen LogP) is 3.06. The third-order valence-electron chi connectivity index (χ3n) is 4.61. The zero-order chi connectivity index (χ0) is 16.0. The van der Waals surface area contributed by atoms with E-state index in [9.17, 15) is 13.3 Å². The number of hydrogen-bond donors (Lipinski definition) is 0. The van der Waals surface area contributed by atoms with Gasteiger partial charge in [0.1, 0.15) is 0 Å². The SMILES string of the molecule is O=NC1CC1c1ccc2c(c1)CCN2S(=O)(=O)c1ccccc1. The summed E-state index contributed by atoms with van der Waals surface area (Å²) in [5.74, 6) is 0.206. The van der Waals surface area contributed by atoms with E-state index in [1.54, 1.807) is 30.3 Å². The highest BCUT2D eigenvalue weighted by atomic mass is 32.2. The second-order valence-electron chi connectivity index (χ2n) is 6.04. The van der Waals surface area contributed by atoms with Crippen LogP contribution in [0.5, 0.6) is 0 Å². The Balaban J connectivity index is 1.67. The molecule has 0 N–H and O–H groups in total. The van der Waals surface area contributed by atoms with Crippen molar-refractivity contribution in [2.75, 3.05) is 10.8 Å². The Labute approximate surface area is 135 Å². The molecule has 0 amide bonds. The minimum atomic E-state index is -3.52. The fraction of sp³-hybridized carbons (Fsp3) is 0.294. The molecule has 0 bridgehead atoms. The van der Waals surface area contributed by atoms with E-state index in [0.717, 1.165) is 23.2 Å². The molecule has 23 heavy (non-hydrogen) atoms. The quantitative estimate of drug-likeness (QED) is 0.810. The van der Waals surface area contributed by atoms with Crippen molar-refractivity contribution < 1.29 is 8.42 Å². The summed E-state index contributed by atoms with van der Waals surface area (Å²) in [5.41, 5.74) is 2.86. The summed E-state index contributed by atoms with van der Waals surface area (Å²) in [6.07, 6.45) is 1.50. The van der Waals surface area contributed by atoms with E-state index in [0.29, 0.717) is 17.9 Å². The van der Waals surface area contributed by atoms with Crippen molar-refractivity contribution in [3.63, 3.8) is 0 Å². The molecule has 1 aliphatic heterocycles. The Morgan fingerprint density at radius 2 is 1.87 bits per heavy atom. The van der Waals surface area contributed by atoms with Crippen LogP contribution in [-0.2, 0) is 16.4 Å². The molecule has 118 valence electrons. The highest BCUT2D eigenvalue weighted by Crippen LogP contribution is 2.45. The van der Waals surface area contributed by atoms with Crippen LogP contribution < -0.4 is 4.31 Å². The summed E-state index contributed by atoms with van der Waals surface area (Å²) in [6.45, 7) is 0.454. The molecule has 1 aliphatic carbocycles. The zero-order valence-electron chi connectivity index (χ0n) is 12.4. The van der Waals surface area contributed by atoms with Gasteiger partial charge in [-0.2, -0.15) is 4.91 Å². The minimum Gasteiger partial charge on any atom is -0.266 e. The molecule has 0 radical (unpaired) electrons. The van der Waals surface area contributed by atoms with Crippen LogP contribution in [0.15, 0.2) is 58.6 Å². The maximum Gasteiger partial charge on any atom is 0.264 e. The van der Waals surface area contributed by atoms with Crippen LogP contribution in [0.2, 0.25) is 0 Å². The minimum absolute atomic E-state index is 0.112. The van der Waals surface area contributed by atoms with Gasteiger partial charge in [0.05, 0.1) is 16.6 Å². The lowest BCUT2D eigenvalue weighted by Crippen LogP contribution is -2.29. The van der Waals surface area contributed by atoms with Crippen LogP contribution in [0.25, 0.3) is 0 Å². The van der Waals surface area contributed by atoms with Gasteiger partial charge >= 0.3 is 0 Å². The molecule has 2 atom stereocenters. The van der Waals surface area contributed by atoms with Crippen molar-refractivity contribution >= 4 is 15.7 Å². The molecule has 2 aromatic carbocycles. The molecule has 2 aromatic rings. The van der Waals surface area contributed by atoms with E-state index >= 15 is 0 Å². The molecule has 1 fully saturated rings. The van der Waals surface area contributed by atoms with E-state index in [2.05, 4.69) is 5.18 Å². The predicted molar refractivity (Wildman–Crippen MR) is 88.1 cm³/mol. The van der Waals surface area contributed by atoms with Gasteiger partial charge in [0, 0.05) is 12.5 Å². The van der Waals surface area contributed by atoms with Crippen molar-refractivity contribution in [3.8, 4) is 0 Å². The fourth-order valence-corrected chi connectivity index (χ4v) is 4.77. The van der Waals surface area contributed by atoms with E-state index in [-0.39, 0.29) is 12.0 Å². The molecule has 0 spiro atoms. The Bertz CT molecular complexity index is 865. The average Bonchev–Trinajstić information content (AvgIpc) is 3.25. The van der Waals surface area contributed by atoms with Crippen molar-refractivity contribution in [1.82, 2.24) is 0 Å². The van der Waals surface area contributed by atoms with Crippen LogP contribution in [0.4, 0.5) is 5.69 Å². The van der Waals surface area contributed by atoms with Gasteiger partial charge in [0.2, 0.25) is 0 Å². The van der Waals surface area contributed by atoms with Crippen LogP contribution in [-0.4, -0.2) is 21.0 Å². The lowest BCUT2D eigenvalue weighted by atomic mass is 10.1. The Morgan fingerprint density at radius 1 is 1.09 bits per heavy atom. The Hall–Kier alpha value is -2.21. The van der Waals surface area contributed by atoms with Crippen molar-refractivity contribution in [3.05, 3.63) is 64.6 Å². The van der Waals surface area contributed by atoms with Crippen molar-refractivity contribution in [1.29, 1.82) is 0 Å². The number of fused-ring (bicyclic) bond motifs is 1. The number of sulfonamides is 1. The first kappa shape index (κ1) is 14.4. The van der Waals surface area contributed by atoms with Gasteiger partial charge in [-0.1, -0.05) is 35.5 Å². The summed E-state index contributed by atoms with van der Waals surface area (Å²) >= 11 is 0. The molecule has 1 saturated carbocycles. The normalized spacial score (nSPS) is 22.7.